The second kappa shape index (κ2) is 10.1. The number of hydrogen-bond donors (Lipinski definition) is 1. The van der Waals surface area contributed by atoms with Gasteiger partial charge in [0.1, 0.15) is 23.9 Å². The first-order valence-electron chi connectivity index (χ1n) is 10.8. The molecule has 0 saturated heterocycles. The number of benzene rings is 1. The Morgan fingerprint density at radius 3 is 2.41 bits per heavy atom. The van der Waals surface area contributed by atoms with Crippen molar-refractivity contribution in [2.24, 2.45) is 0 Å². The summed E-state index contributed by atoms with van der Waals surface area (Å²) in [6, 6.07) is 7.79. The number of nitrogens with one attached hydrogen (secondary N) is 1. The summed E-state index contributed by atoms with van der Waals surface area (Å²) in [6.45, 7) is 11.2. The van der Waals surface area contributed by atoms with E-state index in [2.05, 4.69) is 42.9 Å². The molecule has 3 rings (SSSR count). The first kappa shape index (κ1) is 23.7. The molecule has 6 nitrogen and oxygen atoms in total. The van der Waals surface area contributed by atoms with Crippen LogP contribution in [0.25, 0.3) is 5.65 Å². The van der Waals surface area contributed by atoms with Gasteiger partial charge in [0, 0.05) is 31.4 Å². The van der Waals surface area contributed by atoms with Gasteiger partial charge in [-0.2, -0.15) is 0 Å². The molecule has 32 heavy (non-hydrogen) atoms. The van der Waals surface area contributed by atoms with E-state index < -0.39 is 11.6 Å². The van der Waals surface area contributed by atoms with Crippen molar-refractivity contribution in [1.29, 1.82) is 0 Å². The molecule has 2 aromatic heterocycles. The monoisotopic (exact) mass is 444 g/mol. The zero-order chi connectivity index (χ0) is 23.4. The minimum atomic E-state index is -0.673. The maximum atomic E-state index is 13.9. The van der Waals surface area contributed by atoms with Gasteiger partial charge in [-0.25, -0.2) is 13.8 Å². The molecular formula is C24H30F2N4O2. The molecule has 3 aromatic rings. The second-order valence-electron chi connectivity index (χ2n) is 8.28. The summed E-state index contributed by atoms with van der Waals surface area (Å²) >= 11 is 0. The van der Waals surface area contributed by atoms with E-state index >= 15 is 0 Å². The quantitative estimate of drug-likeness (QED) is 0.533. The number of ether oxygens (including phenoxy) is 1. The lowest BCUT2D eigenvalue weighted by atomic mass is 10.2. The van der Waals surface area contributed by atoms with Crippen LogP contribution in [0.15, 0.2) is 36.5 Å². The standard InChI is InChI=1S/C24H30F2N4O2/c1-15(2)29(16(3)4)13-11-27-24(31)22-17(5)28-23-21(10-7-12-30(22)23)32-14-18-19(25)8-6-9-20(18)26/h6-10,12,15-16H,11,13-14H2,1-5H3,(H,27,31). The van der Waals surface area contributed by atoms with Crippen LogP contribution in [0.5, 0.6) is 5.75 Å². The van der Waals surface area contributed by atoms with Crippen LogP contribution < -0.4 is 10.1 Å². The van der Waals surface area contributed by atoms with Gasteiger partial charge in [0.25, 0.3) is 5.91 Å². The molecule has 0 saturated carbocycles. The lowest BCUT2D eigenvalue weighted by Crippen LogP contribution is -2.42. The average Bonchev–Trinajstić information content (AvgIpc) is 3.06. The lowest BCUT2D eigenvalue weighted by molar-refractivity contribution is 0.0933. The van der Waals surface area contributed by atoms with Gasteiger partial charge in [0.2, 0.25) is 0 Å². The molecule has 0 radical (unpaired) electrons. The summed E-state index contributed by atoms with van der Waals surface area (Å²) in [5, 5.41) is 2.97. The summed E-state index contributed by atoms with van der Waals surface area (Å²) in [7, 11) is 0. The highest BCUT2D eigenvalue weighted by atomic mass is 19.1. The van der Waals surface area contributed by atoms with Crippen molar-refractivity contribution >= 4 is 11.6 Å². The van der Waals surface area contributed by atoms with Gasteiger partial charge in [0.05, 0.1) is 11.3 Å². The van der Waals surface area contributed by atoms with E-state index in [1.165, 1.54) is 18.2 Å². The van der Waals surface area contributed by atoms with E-state index in [4.69, 9.17) is 4.74 Å². The van der Waals surface area contributed by atoms with Crippen molar-refractivity contribution in [2.75, 3.05) is 13.1 Å². The number of pyridine rings is 1. The predicted octanol–water partition coefficient (Wildman–Crippen LogP) is 4.35. The number of amides is 1. The lowest BCUT2D eigenvalue weighted by Gasteiger charge is -2.30. The molecule has 0 bridgehead atoms. The van der Waals surface area contributed by atoms with Crippen molar-refractivity contribution in [3.8, 4) is 5.75 Å². The Bertz CT molecular complexity index is 1070. The number of halogens is 2. The number of aromatic nitrogens is 2. The third-order valence-electron chi connectivity index (χ3n) is 5.42. The Balaban J connectivity index is 1.77. The van der Waals surface area contributed by atoms with Crippen molar-refractivity contribution in [2.45, 2.75) is 53.3 Å². The fourth-order valence-electron chi connectivity index (χ4n) is 3.86. The molecule has 0 unspecified atom stereocenters. The van der Waals surface area contributed by atoms with Gasteiger partial charge in [-0.3, -0.25) is 14.1 Å². The van der Waals surface area contributed by atoms with Gasteiger partial charge in [0.15, 0.2) is 11.4 Å². The molecule has 0 fully saturated rings. The van der Waals surface area contributed by atoms with E-state index in [1.807, 2.05) is 0 Å². The number of carbonyl (C=O) groups excluding carboxylic acids is 1. The molecule has 0 aliphatic rings. The van der Waals surface area contributed by atoms with E-state index in [0.717, 1.165) is 6.54 Å². The van der Waals surface area contributed by atoms with Crippen LogP contribution in [0.2, 0.25) is 0 Å². The molecule has 0 aliphatic carbocycles. The maximum absolute atomic E-state index is 13.9. The molecule has 2 heterocycles. The Labute approximate surface area is 187 Å². The predicted molar refractivity (Wildman–Crippen MR) is 120 cm³/mol. The summed E-state index contributed by atoms with van der Waals surface area (Å²) in [6.07, 6.45) is 1.72. The molecule has 0 atom stereocenters. The highest BCUT2D eigenvalue weighted by molar-refractivity contribution is 5.95. The number of imidazole rings is 1. The minimum absolute atomic E-state index is 0.157. The van der Waals surface area contributed by atoms with Crippen LogP contribution in [0.3, 0.4) is 0 Å². The third kappa shape index (κ3) is 5.07. The largest absolute Gasteiger partial charge is 0.485 e. The molecule has 1 amide bonds. The SMILES string of the molecule is Cc1nc2c(OCc3c(F)cccc3F)cccn2c1C(=O)NCCN(C(C)C)C(C)C. The summed E-state index contributed by atoms with van der Waals surface area (Å²) in [5.74, 6) is -1.25. The summed E-state index contributed by atoms with van der Waals surface area (Å²) < 4.78 is 35.2. The Morgan fingerprint density at radius 1 is 1.12 bits per heavy atom. The number of carbonyl (C=O) groups is 1. The molecule has 0 aliphatic heterocycles. The fourth-order valence-corrected chi connectivity index (χ4v) is 3.86. The summed E-state index contributed by atoms with van der Waals surface area (Å²) in [5.41, 5.74) is 1.21. The summed E-state index contributed by atoms with van der Waals surface area (Å²) in [4.78, 5) is 19.7. The maximum Gasteiger partial charge on any atom is 0.270 e. The van der Waals surface area contributed by atoms with Gasteiger partial charge in [-0.05, 0) is 58.9 Å². The number of nitrogens with zero attached hydrogens (tertiary/aromatic N) is 3. The first-order chi connectivity index (χ1) is 15.2. The van der Waals surface area contributed by atoms with E-state index in [0.29, 0.717) is 41.4 Å². The van der Waals surface area contributed by atoms with Crippen LogP contribution in [-0.4, -0.2) is 45.4 Å². The highest BCUT2D eigenvalue weighted by Gasteiger charge is 2.20. The smallest absolute Gasteiger partial charge is 0.270 e. The van der Waals surface area contributed by atoms with Crippen LogP contribution in [-0.2, 0) is 6.61 Å². The Morgan fingerprint density at radius 2 is 1.78 bits per heavy atom. The number of hydrogen-bond acceptors (Lipinski definition) is 4. The van der Waals surface area contributed by atoms with Crippen LogP contribution in [0, 0.1) is 18.6 Å². The molecular weight excluding hydrogens is 414 g/mol. The van der Waals surface area contributed by atoms with Crippen molar-refractivity contribution < 1.29 is 18.3 Å². The van der Waals surface area contributed by atoms with Crippen LogP contribution in [0.1, 0.15) is 49.4 Å². The van der Waals surface area contributed by atoms with Gasteiger partial charge < -0.3 is 10.1 Å². The molecule has 8 heteroatoms. The average molecular weight is 445 g/mol. The second-order valence-corrected chi connectivity index (χ2v) is 8.28. The topological polar surface area (TPSA) is 58.9 Å². The van der Waals surface area contributed by atoms with E-state index in [1.54, 1.807) is 29.7 Å². The first-order valence-corrected chi connectivity index (χ1v) is 10.8. The minimum Gasteiger partial charge on any atom is -0.485 e. The number of rotatable bonds is 9. The molecule has 172 valence electrons. The van der Waals surface area contributed by atoms with E-state index in [9.17, 15) is 13.6 Å². The zero-order valence-corrected chi connectivity index (χ0v) is 19.2. The zero-order valence-electron chi connectivity index (χ0n) is 19.2. The molecule has 0 spiro atoms. The third-order valence-corrected chi connectivity index (χ3v) is 5.42. The van der Waals surface area contributed by atoms with Gasteiger partial charge >= 0.3 is 0 Å². The Hall–Kier alpha value is -3.00. The van der Waals surface area contributed by atoms with E-state index in [-0.39, 0.29) is 18.1 Å². The number of fused-ring (bicyclic) bond motifs is 1. The van der Waals surface area contributed by atoms with Gasteiger partial charge in [-0.15, -0.1) is 0 Å². The normalized spacial score (nSPS) is 11.7. The molecule has 1 N–H and O–H groups in total. The van der Waals surface area contributed by atoms with Crippen molar-refractivity contribution in [3.05, 3.63) is 65.1 Å². The Kier molecular flexibility index (Phi) is 7.45. The fraction of sp³-hybridized carbons (Fsp3) is 0.417. The molecule has 1 aromatic carbocycles. The number of aryl methyl sites for hydroxylation is 1. The van der Waals surface area contributed by atoms with Crippen molar-refractivity contribution in [3.63, 3.8) is 0 Å². The van der Waals surface area contributed by atoms with Gasteiger partial charge in [-0.1, -0.05) is 6.07 Å². The highest BCUT2D eigenvalue weighted by Crippen LogP contribution is 2.24. The van der Waals surface area contributed by atoms with Crippen molar-refractivity contribution in [1.82, 2.24) is 19.6 Å². The van der Waals surface area contributed by atoms with Crippen LogP contribution in [0.4, 0.5) is 8.78 Å². The van der Waals surface area contributed by atoms with Crippen LogP contribution >= 0.6 is 0 Å².